The zero-order valence-corrected chi connectivity index (χ0v) is 19.9. The van der Waals surface area contributed by atoms with Gasteiger partial charge in [-0.3, -0.25) is 19.5 Å². The van der Waals surface area contributed by atoms with Gasteiger partial charge in [-0.25, -0.2) is 0 Å². The van der Waals surface area contributed by atoms with E-state index in [9.17, 15) is 9.59 Å². The lowest BCUT2D eigenvalue weighted by atomic mass is 9.93. The molecule has 3 rings (SSSR count). The van der Waals surface area contributed by atoms with Crippen LogP contribution in [0.5, 0.6) is 5.75 Å². The predicted octanol–water partition coefficient (Wildman–Crippen LogP) is 4.81. The average molecular weight is 451 g/mol. The van der Waals surface area contributed by atoms with E-state index in [4.69, 9.17) is 9.26 Å². The number of amides is 2. The highest BCUT2D eigenvalue weighted by molar-refractivity contribution is 6.05. The highest BCUT2D eigenvalue weighted by atomic mass is 16.5. The Morgan fingerprint density at radius 3 is 2.52 bits per heavy atom. The van der Waals surface area contributed by atoms with Crippen LogP contribution in [0.25, 0.3) is 0 Å². The summed E-state index contributed by atoms with van der Waals surface area (Å²) in [5.41, 5.74) is 1.70. The quantitative estimate of drug-likeness (QED) is 0.555. The summed E-state index contributed by atoms with van der Waals surface area (Å²) >= 11 is 0. The van der Waals surface area contributed by atoms with Crippen LogP contribution in [0.2, 0.25) is 0 Å². The fourth-order valence-electron chi connectivity index (χ4n) is 3.37. The first-order valence-corrected chi connectivity index (χ1v) is 10.8. The Morgan fingerprint density at radius 1 is 1.21 bits per heavy atom. The molecule has 0 saturated heterocycles. The van der Waals surface area contributed by atoms with Crippen molar-refractivity contribution in [3.05, 3.63) is 65.7 Å². The molecule has 3 aromatic rings. The number of aromatic nitrogens is 2. The molecule has 8 nitrogen and oxygen atoms in total. The zero-order valence-electron chi connectivity index (χ0n) is 19.9. The molecule has 0 aliphatic rings. The summed E-state index contributed by atoms with van der Waals surface area (Å²) in [7, 11) is 1.59. The molecule has 0 aliphatic heterocycles. The highest BCUT2D eigenvalue weighted by Crippen LogP contribution is 2.33. The van der Waals surface area contributed by atoms with E-state index in [0.29, 0.717) is 22.8 Å². The zero-order chi connectivity index (χ0) is 24.2. The Kier molecular flexibility index (Phi) is 7.16. The molecule has 1 aromatic carbocycles. The van der Waals surface area contributed by atoms with Crippen molar-refractivity contribution >= 4 is 23.3 Å². The highest BCUT2D eigenvalue weighted by Gasteiger charge is 2.35. The summed E-state index contributed by atoms with van der Waals surface area (Å²) in [4.78, 5) is 32.3. The van der Waals surface area contributed by atoms with Gasteiger partial charge in [-0.15, -0.1) is 0 Å². The lowest BCUT2D eigenvalue weighted by molar-refractivity contribution is -0.123. The molecule has 0 aliphatic carbocycles. The van der Waals surface area contributed by atoms with E-state index in [2.05, 4.69) is 15.5 Å². The molecule has 0 unspecified atom stereocenters. The molecule has 0 saturated carbocycles. The van der Waals surface area contributed by atoms with Crippen molar-refractivity contribution in [1.82, 2.24) is 10.1 Å². The van der Waals surface area contributed by atoms with Crippen LogP contribution in [-0.2, 0) is 15.0 Å². The van der Waals surface area contributed by atoms with E-state index < -0.39 is 11.9 Å². The number of methoxy groups -OCH3 is 1. The topological polar surface area (TPSA) is 97.6 Å². The van der Waals surface area contributed by atoms with E-state index in [1.165, 1.54) is 4.90 Å². The van der Waals surface area contributed by atoms with Crippen molar-refractivity contribution in [3.63, 3.8) is 0 Å². The van der Waals surface area contributed by atoms with Crippen molar-refractivity contribution < 1.29 is 18.8 Å². The molecule has 0 spiro atoms. The number of ether oxygens (including phenoxy) is 1. The predicted molar refractivity (Wildman–Crippen MR) is 126 cm³/mol. The summed E-state index contributed by atoms with van der Waals surface area (Å²) in [5, 5.41) is 7.09. The van der Waals surface area contributed by atoms with Crippen LogP contribution in [0.1, 0.15) is 57.0 Å². The number of anilines is 2. The second kappa shape index (κ2) is 9.85. The third-order valence-electron chi connectivity index (χ3n) is 5.25. The van der Waals surface area contributed by atoms with Gasteiger partial charge in [-0.1, -0.05) is 38.9 Å². The van der Waals surface area contributed by atoms with E-state index in [1.54, 1.807) is 56.8 Å². The molecule has 174 valence electrons. The Bertz CT molecular complexity index is 1120. The molecule has 0 radical (unpaired) electrons. The number of nitrogens with one attached hydrogen (secondary N) is 1. The summed E-state index contributed by atoms with van der Waals surface area (Å²) in [6.07, 6.45) is 3.38. The molecule has 1 atom stereocenters. The first kappa shape index (κ1) is 24.0. The van der Waals surface area contributed by atoms with Gasteiger partial charge in [0.05, 0.1) is 7.11 Å². The Balaban J connectivity index is 2.06. The van der Waals surface area contributed by atoms with Crippen LogP contribution in [0.4, 0.5) is 11.5 Å². The molecule has 33 heavy (non-hydrogen) atoms. The maximum Gasteiger partial charge on any atom is 0.252 e. The maximum absolute atomic E-state index is 13.6. The second-order valence-electron chi connectivity index (χ2n) is 8.78. The van der Waals surface area contributed by atoms with Gasteiger partial charge in [-0.05, 0) is 36.8 Å². The van der Waals surface area contributed by atoms with Crippen LogP contribution < -0.4 is 15.0 Å². The van der Waals surface area contributed by atoms with Crippen LogP contribution in [-0.4, -0.2) is 29.1 Å². The van der Waals surface area contributed by atoms with Crippen LogP contribution in [0.3, 0.4) is 0 Å². The lowest BCUT2D eigenvalue weighted by Crippen LogP contribution is -2.41. The van der Waals surface area contributed by atoms with Gasteiger partial charge in [0.1, 0.15) is 17.6 Å². The molecule has 2 amide bonds. The minimum atomic E-state index is -0.995. The SMILES string of the molecule is CCC(=O)N(c1cc(C(C)(C)C)on1)[C@@H](C(=O)Nc1ccc(OC)cc1C)c1cccnc1. The smallest absolute Gasteiger partial charge is 0.252 e. The molecule has 0 bridgehead atoms. The molecule has 1 N–H and O–H groups in total. The minimum absolute atomic E-state index is 0.184. The average Bonchev–Trinajstić information content (AvgIpc) is 3.29. The van der Waals surface area contributed by atoms with Gasteiger partial charge in [0.15, 0.2) is 5.82 Å². The number of carbonyl (C=O) groups excluding carboxylic acids is 2. The van der Waals surface area contributed by atoms with Crippen molar-refractivity contribution in [2.45, 2.75) is 52.5 Å². The van der Waals surface area contributed by atoms with Crippen LogP contribution >= 0.6 is 0 Å². The van der Waals surface area contributed by atoms with Gasteiger partial charge in [0.2, 0.25) is 5.91 Å². The Hall–Kier alpha value is -3.68. The summed E-state index contributed by atoms with van der Waals surface area (Å²) < 4.78 is 10.8. The van der Waals surface area contributed by atoms with Crippen molar-refractivity contribution in [1.29, 1.82) is 0 Å². The Labute approximate surface area is 193 Å². The fraction of sp³-hybridized carbons (Fsp3) is 0.360. The third-order valence-corrected chi connectivity index (χ3v) is 5.25. The number of carbonyl (C=O) groups is 2. The second-order valence-corrected chi connectivity index (χ2v) is 8.78. The molecule has 2 aromatic heterocycles. The first-order chi connectivity index (χ1) is 15.7. The van der Waals surface area contributed by atoms with E-state index in [-0.39, 0.29) is 23.6 Å². The molecular formula is C25H30N4O4. The van der Waals surface area contributed by atoms with Gasteiger partial charge >= 0.3 is 0 Å². The fourth-order valence-corrected chi connectivity index (χ4v) is 3.37. The number of hydrogen-bond acceptors (Lipinski definition) is 6. The molecule has 8 heteroatoms. The van der Waals surface area contributed by atoms with Gasteiger partial charge in [0, 0.05) is 41.5 Å². The van der Waals surface area contributed by atoms with E-state index in [1.807, 2.05) is 33.8 Å². The number of aryl methyl sites for hydroxylation is 1. The number of nitrogens with zero attached hydrogens (tertiary/aromatic N) is 3. The van der Waals surface area contributed by atoms with Crippen molar-refractivity contribution in [2.24, 2.45) is 0 Å². The molecule has 2 heterocycles. The van der Waals surface area contributed by atoms with Crippen molar-refractivity contribution in [3.8, 4) is 5.75 Å². The number of hydrogen-bond donors (Lipinski definition) is 1. The monoisotopic (exact) mass is 450 g/mol. The lowest BCUT2D eigenvalue weighted by Gasteiger charge is -2.29. The number of benzene rings is 1. The summed E-state index contributed by atoms with van der Waals surface area (Å²) in [6, 6.07) is 9.58. The Morgan fingerprint density at radius 2 is 1.97 bits per heavy atom. The van der Waals surface area contributed by atoms with Gasteiger partial charge in [-0.2, -0.15) is 0 Å². The number of pyridine rings is 1. The number of rotatable bonds is 7. The third kappa shape index (κ3) is 5.39. The van der Waals surface area contributed by atoms with Crippen molar-refractivity contribution in [2.75, 3.05) is 17.3 Å². The molecular weight excluding hydrogens is 420 g/mol. The summed E-state index contributed by atoms with van der Waals surface area (Å²) in [6.45, 7) is 9.58. The van der Waals surface area contributed by atoms with Gasteiger partial charge < -0.3 is 14.6 Å². The van der Waals surface area contributed by atoms with E-state index in [0.717, 1.165) is 5.56 Å². The first-order valence-electron chi connectivity index (χ1n) is 10.8. The van der Waals surface area contributed by atoms with E-state index >= 15 is 0 Å². The van der Waals surface area contributed by atoms with Crippen LogP contribution in [0, 0.1) is 6.92 Å². The minimum Gasteiger partial charge on any atom is -0.497 e. The molecule has 0 fully saturated rings. The normalized spacial score (nSPS) is 12.2. The standard InChI is InChI=1S/C25H30N4O4/c1-7-22(30)29(21-14-20(33-28-21)25(3,4)5)23(17-9-8-12-26-15-17)24(31)27-19-11-10-18(32-6)13-16(19)2/h8-15,23H,7H2,1-6H3,(H,27,31)/t23-/m1/s1. The maximum atomic E-state index is 13.6. The van der Waals surface area contributed by atoms with Crippen LogP contribution in [0.15, 0.2) is 53.3 Å². The van der Waals surface area contributed by atoms with Gasteiger partial charge in [0.25, 0.3) is 5.91 Å². The largest absolute Gasteiger partial charge is 0.497 e. The summed E-state index contributed by atoms with van der Waals surface area (Å²) in [5.74, 6) is 0.928.